The molecule has 2 fully saturated rings. The summed E-state index contributed by atoms with van der Waals surface area (Å²) >= 11 is 5.94. The first kappa shape index (κ1) is 31.2. The maximum Gasteiger partial charge on any atom is 0.475 e. The Morgan fingerprint density at radius 3 is 2.62 bits per heavy atom. The van der Waals surface area contributed by atoms with Crippen molar-refractivity contribution < 1.29 is 40.5 Å². The zero-order chi connectivity index (χ0) is 29.7. The van der Waals surface area contributed by atoms with Crippen molar-refractivity contribution in [2.75, 3.05) is 18.9 Å². The summed E-state index contributed by atoms with van der Waals surface area (Å²) in [4.78, 5) is 15.9. The number of aromatic nitrogens is 2. The highest BCUT2D eigenvalue weighted by Crippen LogP contribution is 2.58. The van der Waals surface area contributed by atoms with Crippen LogP contribution < -0.4 is 11.4 Å². The minimum atomic E-state index is -4.31. The molecule has 0 spiro atoms. The Bertz CT molecular complexity index is 1340. The Morgan fingerprint density at radius 2 is 2.00 bits per heavy atom. The fourth-order valence-electron chi connectivity index (χ4n) is 4.08. The number of ether oxygens (including phenoxy) is 1. The van der Waals surface area contributed by atoms with Crippen LogP contribution in [0.15, 0.2) is 35.3 Å². The van der Waals surface area contributed by atoms with Gasteiger partial charge in [-0.2, -0.15) is 13.8 Å². The number of hydrogen-bond donors (Lipinski definition) is 1. The topological polar surface area (TPSA) is 124 Å². The molecular formula is C24H32ClF3N3O7PSi. The van der Waals surface area contributed by atoms with Gasteiger partial charge in [-0.3, -0.25) is 18.1 Å². The van der Waals surface area contributed by atoms with Crippen LogP contribution in [0.5, 0.6) is 0 Å². The van der Waals surface area contributed by atoms with E-state index in [1.54, 1.807) is 13.1 Å². The number of rotatable bonds is 7. The number of anilines is 1. The molecule has 5 atom stereocenters. The molecule has 2 saturated heterocycles. The lowest BCUT2D eigenvalue weighted by Gasteiger charge is -2.40. The largest absolute Gasteiger partial charge is 0.475 e. The standard InChI is InChI=1S/C24H32ClF3N3O7PSi/c1-23(2,3)40(4,5)38-20-18(36-21(24(20,27)28)31-8-6-19(29)30-22(31)32)13-35-39(33)34-9-7-17(37-39)14-10-15(25)12-16(26)11-14/h6,8,10-12,17-18,20-21H,7,9,13H2,1-5H3,(H2,29,30,32)/t17-,18-,20-,21-,39+/m1/s1. The monoisotopic (exact) mass is 625 g/mol. The second kappa shape index (κ2) is 11.1. The van der Waals surface area contributed by atoms with Crippen molar-refractivity contribution in [2.24, 2.45) is 0 Å². The molecule has 2 aliphatic rings. The van der Waals surface area contributed by atoms with E-state index >= 15 is 8.78 Å². The Labute approximate surface area is 235 Å². The van der Waals surface area contributed by atoms with E-state index in [4.69, 9.17) is 40.1 Å². The van der Waals surface area contributed by atoms with Gasteiger partial charge in [0.2, 0.25) is 6.23 Å². The molecule has 2 aromatic rings. The van der Waals surface area contributed by atoms with Crippen LogP contribution in [0, 0.1) is 5.82 Å². The lowest BCUT2D eigenvalue weighted by Crippen LogP contribution is -2.52. The maximum absolute atomic E-state index is 15.9. The van der Waals surface area contributed by atoms with Crippen molar-refractivity contribution in [3.63, 3.8) is 0 Å². The van der Waals surface area contributed by atoms with Crippen LogP contribution in [0.25, 0.3) is 0 Å². The quantitative estimate of drug-likeness (QED) is 0.298. The van der Waals surface area contributed by atoms with Gasteiger partial charge in [0.05, 0.1) is 19.3 Å². The molecule has 4 rings (SSSR count). The number of nitrogens with zero attached hydrogens (tertiary/aromatic N) is 2. The molecule has 0 bridgehead atoms. The Hall–Kier alpha value is -1.77. The fourth-order valence-corrected chi connectivity index (χ4v) is 7.00. The Balaban J connectivity index is 1.60. The number of halogens is 4. The lowest BCUT2D eigenvalue weighted by molar-refractivity contribution is -0.138. The highest BCUT2D eigenvalue weighted by atomic mass is 35.5. The number of phosphoric acid groups is 1. The minimum absolute atomic E-state index is 0.0726. The number of hydrogen-bond acceptors (Lipinski definition) is 9. The van der Waals surface area contributed by atoms with Crippen LogP contribution in [-0.4, -0.2) is 49.2 Å². The minimum Gasteiger partial charge on any atom is -0.405 e. The van der Waals surface area contributed by atoms with Crippen molar-refractivity contribution in [1.29, 1.82) is 0 Å². The molecule has 16 heteroatoms. The molecule has 222 valence electrons. The lowest BCUT2D eigenvalue weighted by atomic mass is 10.1. The number of benzene rings is 1. The van der Waals surface area contributed by atoms with E-state index in [1.807, 2.05) is 20.8 Å². The van der Waals surface area contributed by atoms with Crippen molar-refractivity contribution in [1.82, 2.24) is 9.55 Å². The van der Waals surface area contributed by atoms with Crippen LogP contribution in [0.1, 0.15) is 45.1 Å². The summed E-state index contributed by atoms with van der Waals surface area (Å²) < 4.78 is 87.7. The van der Waals surface area contributed by atoms with Crippen LogP contribution >= 0.6 is 19.4 Å². The smallest absolute Gasteiger partial charge is 0.405 e. The highest BCUT2D eigenvalue weighted by Gasteiger charge is 2.63. The summed E-state index contributed by atoms with van der Waals surface area (Å²) in [7, 11) is -7.13. The second-order valence-electron chi connectivity index (χ2n) is 11.2. The zero-order valence-corrected chi connectivity index (χ0v) is 25.3. The van der Waals surface area contributed by atoms with E-state index in [-0.39, 0.29) is 23.9 Å². The molecule has 0 unspecified atom stereocenters. The van der Waals surface area contributed by atoms with Crippen LogP contribution in [0.2, 0.25) is 23.2 Å². The summed E-state index contributed by atoms with van der Waals surface area (Å²) in [5, 5.41) is -0.333. The predicted octanol–water partition coefficient (Wildman–Crippen LogP) is 5.84. The van der Waals surface area contributed by atoms with E-state index in [0.717, 1.165) is 12.3 Å². The van der Waals surface area contributed by atoms with Gasteiger partial charge in [0.1, 0.15) is 23.8 Å². The van der Waals surface area contributed by atoms with Gasteiger partial charge < -0.3 is 14.9 Å². The predicted molar refractivity (Wildman–Crippen MR) is 143 cm³/mol. The van der Waals surface area contributed by atoms with Gasteiger partial charge in [-0.15, -0.1) is 0 Å². The fraction of sp³-hybridized carbons (Fsp3) is 0.583. The molecule has 0 amide bonds. The van der Waals surface area contributed by atoms with Crippen molar-refractivity contribution in [2.45, 2.75) is 75.8 Å². The molecule has 2 aliphatic heterocycles. The Morgan fingerprint density at radius 1 is 1.30 bits per heavy atom. The molecule has 3 heterocycles. The number of nitrogens with two attached hydrogens (primary N) is 1. The van der Waals surface area contributed by atoms with E-state index in [0.29, 0.717) is 10.1 Å². The van der Waals surface area contributed by atoms with Crippen molar-refractivity contribution in [3.05, 3.63) is 57.3 Å². The van der Waals surface area contributed by atoms with Gasteiger partial charge in [-0.05, 0) is 48.0 Å². The highest BCUT2D eigenvalue weighted by molar-refractivity contribution is 7.48. The van der Waals surface area contributed by atoms with E-state index in [2.05, 4.69) is 4.98 Å². The summed E-state index contributed by atoms with van der Waals surface area (Å²) in [6.07, 6.45) is -5.08. The molecule has 1 aromatic carbocycles. The number of nitrogen functional groups attached to an aromatic ring is 1. The molecule has 0 radical (unpaired) electrons. The van der Waals surface area contributed by atoms with Gasteiger partial charge in [-0.1, -0.05) is 32.4 Å². The van der Waals surface area contributed by atoms with Gasteiger partial charge in [0.15, 0.2) is 8.32 Å². The zero-order valence-electron chi connectivity index (χ0n) is 22.6. The first-order chi connectivity index (χ1) is 18.4. The van der Waals surface area contributed by atoms with Gasteiger partial charge in [-0.25, -0.2) is 13.8 Å². The molecule has 2 N–H and O–H groups in total. The van der Waals surface area contributed by atoms with Crippen molar-refractivity contribution >= 4 is 33.6 Å². The van der Waals surface area contributed by atoms with Crippen LogP contribution in [0.3, 0.4) is 0 Å². The molecule has 10 nitrogen and oxygen atoms in total. The molecule has 0 aliphatic carbocycles. The van der Waals surface area contributed by atoms with E-state index in [9.17, 15) is 13.8 Å². The first-order valence-electron chi connectivity index (χ1n) is 12.5. The average Bonchev–Trinajstić information content (AvgIpc) is 3.06. The summed E-state index contributed by atoms with van der Waals surface area (Å²) in [5.74, 6) is -4.48. The summed E-state index contributed by atoms with van der Waals surface area (Å²) in [6, 6.07) is 4.94. The molecular weight excluding hydrogens is 594 g/mol. The Kier molecular flexibility index (Phi) is 8.68. The van der Waals surface area contributed by atoms with E-state index in [1.165, 1.54) is 18.2 Å². The summed E-state index contributed by atoms with van der Waals surface area (Å²) in [5.41, 5.74) is 4.79. The van der Waals surface area contributed by atoms with Crippen molar-refractivity contribution in [3.8, 4) is 0 Å². The first-order valence-corrected chi connectivity index (χ1v) is 17.3. The maximum atomic E-state index is 15.9. The van der Waals surface area contributed by atoms with Gasteiger partial charge >= 0.3 is 19.4 Å². The van der Waals surface area contributed by atoms with Crippen LogP contribution in [0.4, 0.5) is 19.0 Å². The third-order valence-electron chi connectivity index (χ3n) is 7.22. The van der Waals surface area contributed by atoms with Gasteiger partial charge in [0, 0.05) is 17.6 Å². The third kappa shape index (κ3) is 6.49. The summed E-state index contributed by atoms with van der Waals surface area (Å²) in [6.45, 7) is 8.46. The normalized spacial score (nSPS) is 29.0. The van der Waals surface area contributed by atoms with E-state index < -0.39 is 69.8 Å². The molecule has 1 aromatic heterocycles. The average molecular weight is 626 g/mol. The second-order valence-corrected chi connectivity index (χ2v) is 18.0. The van der Waals surface area contributed by atoms with Crippen LogP contribution in [-0.2, 0) is 27.3 Å². The number of phosphoric ester groups is 1. The molecule has 40 heavy (non-hydrogen) atoms. The molecule has 0 saturated carbocycles. The SMILES string of the molecule is CC(C)(C)[Si](C)(C)O[C@@H]1[C@@H](CO[P@]2(=O)OCC[C@H](c3cc(F)cc(Cl)c3)O2)O[C@@H](n2ccc(N)nc2=O)C1(F)F. The third-order valence-corrected chi connectivity index (χ3v) is 13.4. The van der Waals surface area contributed by atoms with Gasteiger partial charge in [0.25, 0.3) is 0 Å². The number of alkyl halides is 2.